The molecule has 0 radical (unpaired) electrons. The normalized spacial score (nSPS) is 10.2. The van der Waals surface area contributed by atoms with Crippen molar-refractivity contribution in [2.24, 2.45) is 0 Å². The van der Waals surface area contributed by atoms with Gasteiger partial charge >= 0.3 is 0 Å². The van der Waals surface area contributed by atoms with E-state index in [9.17, 15) is 0 Å². The lowest BCUT2D eigenvalue weighted by molar-refractivity contribution is 0.415. The Bertz CT molecular complexity index is 801. The number of nitriles is 1. The summed E-state index contributed by atoms with van der Waals surface area (Å²) in [7, 11) is 1.65. The molecule has 0 amide bonds. The number of ether oxygens (including phenoxy) is 1. The second-order valence-corrected chi connectivity index (χ2v) is 4.44. The van der Waals surface area contributed by atoms with Crippen molar-refractivity contribution in [3.8, 4) is 23.1 Å². The quantitative estimate of drug-likeness (QED) is 0.704. The van der Waals surface area contributed by atoms with E-state index in [1.807, 2.05) is 42.5 Å². The molecule has 0 saturated carbocycles. The van der Waals surface area contributed by atoms with Crippen LogP contribution in [0.3, 0.4) is 0 Å². The second kappa shape index (κ2) is 5.02. The van der Waals surface area contributed by atoms with Gasteiger partial charge in [0.05, 0.1) is 30.0 Å². The smallest absolute Gasteiger partial charge is 0.119 e. The van der Waals surface area contributed by atoms with Crippen molar-refractivity contribution in [2.45, 2.75) is 0 Å². The molecule has 20 heavy (non-hydrogen) atoms. The highest BCUT2D eigenvalue weighted by molar-refractivity contribution is 5.82. The topological polar surface area (TPSA) is 45.9 Å². The van der Waals surface area contributed by atoms with Gasteiger partial charge in [-0.15, -0.1) is 0 Å². The number of rotatable bonds is 2. The molecule has 2 aromatic carbocycles. The van der Waals surface area contributed by atoms with E-state index in [0.717, 1.165) is 27.9 Å². The highest BCUT2D eigenvalue weighted by atomic mass is 16.5. The number of methoxy groups -OCH3 is 1. The largest absolute Gasteiger partial charge is 0.497 e. The third kappa shape index (κ3) is 2.19. The summed E-state index contributed by atoms with van der Waals surface area (Å²) >= 11 is 0. The Morgan fingerprint density at radius 1 is 1.00 bits per heavy atom. The van der Waals surface area contributed by atoms with E-state index < -0.39 is 0 Å². The maximum Gasteiger partial charge on any atom is 0.119 e. The summed E-state index contributed by atoms with van der Waals surface area (Å²) in [6.07, 6.45) is 0. The predicted octanol–water partition coefficient (Wildman–Crippen LogP) is 3.78. The standard InChI is InChI=1S/C17H12N2O/c1-20-15-7-9-17-14(10-15)6-8-16(19-17)13-4-2-12(11-18)3-5-13/h2-10H,1H3. The Morgan fingerprint density at radius 2 is 1.80 bits per heavy atom. The number of hydrogen-bond acceptors (Lipinski definition) is 3. The maximum atomic E-state index is 8.81. The van der Waals surface area contributed by atoms with Crippen LogP contribution in [-0.2, 0) is 0 Å². The summed E-state index contributed by atoms with van der Waals surface area (Å²) in [5.74, 6) is 0.824. The lowest BCUT2D eigenvalue weighted by Crippen LogP contribution is -1.87. The average Bonchev–Trinajstić information content (AvgIpc) is 2.54. The molecule has 0 aliphatic rings. The van der Waals surface area contributed by atoms with Crippen molar-refractivity contribution in [1.82, 2.24) is 4.98 Å². The Morgan fingerprint density at radius 3 is 2.50 bits per heavy atom. The molecule has 0 N–H and O–H groups in total. The Hall–Kier alpha value is -2.86. The van der Waals surface area contributed by atoms with Crippen molar-refractivity contribution < 1.29 is 4.74 Å². The Balaban J connectivity index is 2.06. The second-order valence-electron chi connectivity index (χ2n) is 4.44. The van der Waals surface area contributed by atoms with Crippen LogP contribution in [-0.4, -0.2) is 12.1 Å². The molecule has 0 atom stereocenters. The number of benzene rings is 2. The molecule has 1 aromatic heterocycles. The van der Waals surface area contributed by atoms with Gasteiger partial charge in [-0.05, 0) is 36.4 Å². The monoisotopic (exact) mass is 260 g/mol. The third-order valence-electron chi connectivity index (χ3n) is 3.21. The van der Waals surface area contributed by atoms with E-state index in [2.05, 4.69) is 11.1 Å². The van der Waals surface area contributed by atoms with Crippen LogP contribution in [0, 0.1) is 11.3 Å². The first kappa shape index (κ1) is 12.2. The van der Waals surface area contributed by atoms with Gasteiger partial charge in [0.2, 0.25) is 0 Å². The zero-order valence-electron chi connectivity index (χ0n) is 11.0. The highest BCUT2D eigenvalue weighted by Gasteiger charge is 2.03. The molecule has 0 fully saturated rings. The first-order chi connectivity index (χ1) is 9.80. The first-order valence-corrected chi connectivity index (χ1v) is 6.25. The fraction of sp³-hybridized carbons (Fsp3) is 0.0588. The van der Waals surface area contributed by atoms with Gasteiger partial charge in [-0.3, -0.25) is 0 Å². The number of pyridine rings is 1. The van der Waals surface area contributed by atoms with Crippen LogP contribution >= 0.6 is 0 Å². The molecule has 0 spiro atoms. The van der Waals surface area contributed by atoms with Gasteiger partial charge in [0.15, 0.2) is 0 Å². The van der Waals surface area contributed by atoms with Gasteiger partial charge in [-0.2, -0.15) is 5.26 Å². The molecule has 3 aromatic rings. The van der Waals surface area contributed by atoms with Crippen LogP contribution in [0.4, 0.5) is 0 Å². The van der Waals surface area contributed by atoms with Crippen molar-refractivity contribution >= 4 is 10.9 Å². The van der Waals surface area contributed by atoms with Crippen LogP contribution in [0.15, 0.2) is 54.6 Å². The van der Waals surface area contributed by atoms with Gasteiger partial charge in [0.25, 0.3) is 0 Å². The summed E-state index contributed by atoms with van der Waals surface area (Å²) < 4.78 is 5.20. The minimum absolute atomic E-state index is 0.652. The molecule has 0 aliphatic carbocycles. The van der Waals surface area contributed by atoms with Gasteiger partial charge in [-0.1, -0.05) is 18.2 Å². The lowest BCUT2D eigenvalue weighted by atomic mass is 10.1. The van der Waals surface area contributed by atoms with Crippen molar-refractivity contribution in [3.63, 3.8) is 0 Å². The molecule has 3 nitrogen and oxygen atoms in total. The summed E-state index contributed by atoms with van der Waals surface area (Å²) in [6, 6.07) is 19.4. The van der Waals surface area contributed by atoms with Crippen LogP contribution < -0.4 is 4.74 Å². The van der Waals surface area contributed by atoms with E-state index >= 15 is 0 Å². The predicted molar refractivity (Wildman–Crippen MR) is 78.4 cm³/mol. The molecule has 0 saturated heterocycles. The molecular formula is C17H12N2O. The summed E-state index contributed by atoms with van der Waals surface area (Å²) in [4.78, 5) is 4.64. The van der Waals surface area contributed by atoms with Crippen molar-refractivity contribution in [2.75, 3.05) is 7.11 Å². The fourth-order valence-electron chi connectivity index (χ4n) is 2.11. The number of hydrogen-bond donors (Lipinski definition) is 0. The molecule has 3 heteroatoms. The first-order valence-electron chi connectivity index (χ1n) is 6.25. The number of aromatic nitrogens is 1. The van der Waals surface area contributed by atoms with Crippen LogP contribution in [0.25, 0.3) is 22.2 Å². The van der Waals surface area contributed by atoms with E-state index in [4.69, 9.17) is 10.00 Å². The van der Waals surface area contributed by atoms with Crippen LogP contribution in [0.5, 0.6) is 5.75 Å². The summed E-state index contributed by atoms with van der Waals surface area (Å²) in [6.45, 7) is 0. The highest BCUT2D eigenvalue weighted by Crippen LogP contribution is 2.24. The van der Waals surface area contributed by atoms with Crippen molar-refractivity contribution in [1.29, 1.82) is 5.26 Å². The summed E-state index contributed by atoms with van der Waals surface area (Å²) in [5, 5.41) is 9.86. The van der Waals surface area contributed by atoms with Gasteiger partial charge in [0, 0.05) is 10.9 Å². The van der Waals surface area contributed by atoms with Gasteiger partial charge in [0.1, 0.15) is 5.75 Å². The fourth-order valence-corrected chi connectivity index (χ4v) is 2.11. The van der Waals surface area contributed by atoms with Crippen molar-refractivity contribution in [3.05, 3.63) is 60.2 Å². The number of fused-ring (bicyclic) bond motifs is 1. The number of nitrogens with zero attached hydrogens (tertiary/aromatic N) is 2. The lowest BCUT2D eigenvalue weighted by Gasteiger charge is -2.05. The molecule has 3 rings (SSSR count). The molecule has 1 heterocycles. The van der Waals surface area contributed by atoms with E-state index in [0.29, 0.717) is 5.56 Å². The third-order valence-corrected chi connectivity index (χ3v) is 3.21. The zero-order chi connectivity index (χ0) is 13.9. The minimum atomic E-state index is 0.652. The maximum absolute atomic E-state index is 8.81. The van der Waals surface area contributed by atoms with E-state index in [1.165, 1.54) is 0 Å². The van der Waals surface area contributed by atoms with Crippen LogP contribution in [0.1, 0.15) is 5.56 Å². The minimum Gasteiger partial charge on any atom is -0.497 e. The van der Waals surface area contributed by atoms with E-state index in [-0.39, 0.29) is 0 Å². The molecular weight excluding hydrogens is 248 g/mol. The van der Waals surface area contributed by atoms with Gasteiger partial charge < -0.3 is 4.74 Å². The summed E-state index contributed by atoms with van der Waals surface area (Å²) in [5.41, 5.74) is 3.47. The molecule has 0 aliphatic heterocycles. The zero-order valence-corrected chi connectivity index (χ0v) is 11.0. The SMILES string of the molecule is COc1ccc2nc(-c3ccc(C#N)cc3)ccc2c1. The Labute approximate surface area is 117 Å². The average molecular weight is 260 g/mol. The van der Waals surface area contributed by atoms with E-state index in [1.54, 1.807) is 19.2 Å². The van der Waals surface area contributed by atoms with Gasteiger partial charge in [-0.25, -0.2) is 4.98 Å². The molecule has 0 unspecified atom stereocenters. The molecule has 96 valence electrons. The van der Waals surface area contributed by atoms with Crippen LogP contribution in [0.2, 0.25) is 0 Å². The Kier molecular flexibility index (Phi) is 3.06. The molecule has 0 bridgehead atoms.